The Labute approximate surface area is 187 Å². The first kappa shape index (κ1) is 20.2. The molecule has 0 atom stereocenters. The Morgan fingerprint density at radius 1 is 0.938 bits per heavy atom. The minimum atomic E-state index is 0.0867. The SMILES string of the molecule is CCc1nc(N2CCN(C(=O)c3ccc(C)cc3)CC2)c2cnn(-c3ccccc3)c2n1. The van der Waals surface area contributed by atoms with Crippen LogP contribution in [0.15, 0.2) is 60.8 Å². The van der Waals surface area contributed by atoms with Crippen LogP contribution >= 0.6 is 0 Å². The quantitative estimate of drug-likeness (QED) is 0.498. The fraction of sp³-hybridized carbons (Fsp3) is 0.280. The van der Waals surface area contributed by atoms with E-state index in [0.717, 1.165) is 59.0 Å². The van der Waals surface area contributed by atoms with Gasteiger partial charge in [0.15, 0.2) is 5.65 Å². The normalized spacial score (nSPS) is 14.2. The number of para-hydroxylation sites is 1. The van der Waals surface area contributed by atoms with Crippen LogP contribution in [0, 0.1) is 6.92 Å². The maximum absolute atomic E-state index is 12.9. The van der Waals surface area contributed by atoms with Crippen molar-refractivity contribution in [1.82, 2.24) is 24.6 Å². The summed E-state index contributed by atoms with van der Waals surface area (Å²) in [6.07, 6.45) is 2.59. The number of aromatic nitrogens is 4. The number of fused-ring (bicyclic) bond motifs is 1. The lowest BCUT2D eigenvalue weighted by molar-refractivity contribution is 0.0746. The predicted molar refractivity (Wildman–Crippen MR) is 125 cm³/mol. The number of benzene rings is 2. The summed E-state index contributed by atoms with van der Waals surface area (Å²) in [5.41, 5.74) is 3.69. The van der Waals surface area contributed by atoms with Gasteiger partial charge in [0.2, 0.25) is 0 Å². The number of rotatable bonds is 4. The Morgan fingerprint density at radius 2 is 1.66 bits per heavy atom. The number of hydrogen-bond donors (Lipinski definition) is 0. The molecule has 32 heavy (non-hydrogen) atoms. The zero-order valence-corrected chi connectivity index (χ0v) is 18.4. The first-order valence-electron chi connectivity index (χ1n) is 11.0. The number of carbonyl (C=O) groups excluding carboxylic acids is 1. The van der Waals surface area contributed by atoms with Crippen LogP contribution in [0.2, 0.25) is 0 Å². The molecule has 4 aromatic rings. The average Bonchev–Trinajstić information content (AvgIpc) is 3.28. The molecule has 5 rings (SSSR count). The number of aryl methyl sites for hydroxylation is 2. The summed E-state index contributed by atoms with van der Waals surface area (Å²) in [7, 11) is 0. The van der Waals surface area contributed by atoms with Crippen LogP contribution in [0.4, 0.5) is 5.82 Å². The van der Waals surface area contributed by atoms with E-state index in [-0.39, 0.29) is 5.91 Å². The molecule has 1 saturated heterocycles. The smallest absolute Gasteiger partial charge is 0.253 e. The van der Waals surface area contributed by atoms with E-state index < -0.39 is 0 Å². The van der Waals surface area contributed by atoms with E-state index in [9.17, 15) is 4.79 Å². The zero-order valence-electron chi connectivity index (χ0n) is 18.4. The van der Waals surface area contributed by atoms with Gasteiger partial charge in [0.05, 0.1) is 17.3 Å². The van der Waals surface area contributed by atoms with E-state index in [2.05, 4.69) is 16.9 Å². The Morgan fingerprint density at radius 3 is 2.34 bits per heavy atom. The minimum absolute atomic E-state index is 0.0867. The van der Waals surface area contributed by atoms with Gasteiger partial charge in [-0.3, -0.25) is 4.79 Å². The molecule has 1 aliphatic rings. The number of hydrogen-bond acceptors (Lipinski definition) is 5. The standard InChI is InChI=1S/C25H26N6O/c1-3-22-27-23(21-17-26-31(24(21)28-22)20-7-5-4-6-8-20)29-13-15-30(16-14-29)25(32)19-11-9-18(2)10-12-19/h4-12,17H,3,13-16H2,1-2H3. The Bertz CT molecular complexity index is 1240. The van der Waals surface area contributed by atoms with Gasteiger partial charge in [-0.05, 0) is 31.2 Å². The lowest BCUT2D eigenvalue weighted by Crippen LogP contribution is -2.49. The van der Waals surface area contributed by atoms with Crippen LogP contribution in [-0.2, 0) is 6.42 Å². The molecule has 1 aliphatic heterocycles. The van der Waals surface area contributed by atoms with Crippen LogP contribution in [0.25, 0.3) is 16.7 Å². The topological polar surface area (TPSA) is 67.2 Å². The maximum Gasteiger partial charge on any atom is 0.253 e. The van der Waals surface area contributed by atoms with Gasteiger partial charge < -0.3 is 9.80 Å². The summed E-state index contributed by atoms with van der Waals surface area (Å²) >= 11 is 0. The van der Waals surface area contributed by atoms with Gasteiger partial charge >= 0.3 is 0 Å². The molecule has 0 N–H and O–H groups in total. The molecule has 1 amide bonds. The number of nitrogens with zero attached hydrogens (tertiary/aromatic N) is 6. The zero-order chi connectivity index (χ0) is 22.1. The molecule has 7 heteroatoms. The van der Waals surface area contributed by atoms with Crippen molar-refractivity contribution in [3.05, 3.63) is 77.7 Å². The van der Waals surface area contributed by atoms with Crippen LogP contribution in [0.3, 0.4) is 0 Å². The summed E-state index contributed by atoms with van der Waals surface area (Å²) < 4.78 is 1.87. The molecular weight excluding hydrogens is 400 g/mol. The first-order chi connectivity index (χ1) is 15.6. The van der Waals surface area contributed by atoms with Crippen LogP contribution < -0.4 is 4.90 Å². The van der Waals surface area contributed by atoms with Crippen molar-refractivity contribution in [1.29, 1.82) is 0 Å². The van der Waals surface area contributed by atoms with Gasteiger partial charge in [-0.25, -0.2) is 14.6 Å². The second-order valence-electron chi connectivity index (χ2n) is 8.09. The molecule has 3 heterocycles. The minimum Gasteiger partial charge on any atom is -0.352 e. The Balaban J connectivity index is 1.41. The highest BCUT2D eigenvalue weighted by Gasteiger charge is 2.25. The van der Waals surface area contributed by atoms with Gasteiger partial charge in [-0.15, -0.1) is 0 Å². The summed E-state index contributed by atoms with van der Waals surface area (Å²) in [4.78, 5) is 26.7. The molecule has 7 nitrogen and oxygen atoms in total. The fourth-order valence-electron chi connectivity index (χ4n) is 4.09. The van der Waals surface area contributed by atoms with Gasteiger partial charge in [0.25, 0.3) is 5.91 Å². The molecule has 0 spiro atoms. The molecule has 2 aromatic carbocycles. The number of piperazine rings is 1. The molecule has 2 aromatic heterocycles. The van der Waals surface area contributed by atoms with E-state index in [4.69, 9.17) is 9.97 Å². The summed E-state index contributed by atoms with van der Waals surface area (Å²) in [5.74, 6) is 1.78. The van der Waals surface area contributed by atoms with E-state index in [1.165, 1.54) is 0 Å². The molecule has 162 valence electrons. The lowest BCUT2D eigenvalue weighted by Gasteiger charge is -2.35. The van der Waals surface area contributed by atoms with Gasteiger partial charge in [0.1, 0.15) is 11.6 Å². The van der Waals surface area contributed by atoms with Gasteiger partial charge in [-0.1, -0.05) is 42.8 Å². The lowest BCUT2D eigenvalue weighted by atomic mass is 10.1. The number of amides is 1. The van der Waals surface area contributed by atoms with Crippen molar-refractivity contribution in [2.75, 3.05) is 31.1 Å². The summed E-state index contributed by atoms with van der Waals surface area (Å²) in [6, 6.07) is 17.8. The highest BCUT2D eigenvalue weighted by molar-refractivity contribution is 5.94. The second kappa shape index (κ2) is 8.42. The first-order valence-corrected chi connectivity index (χ1v) is 11.0. The van der Waals surface area contributed by atoms with Crippen molar-refractivity contribution in [3.63, 3.8) is 0 Å². The molecule has 1 fully saturated rings. The highest BCUT2D eigenvalue weighted by atomic mass is 16.2. The third-order valence-electron chi connectivity index (χ3n) is 5.94. The number of anilines is 1. The number of carbonyl (C=O) groups is 1. The monoisotopic (exact) mass is 426 g/mol. The molecule has 0 bridgehead atoms. The van der Waals surface area contributed by atoms with E-state index in [1.807, 2.05) is 77.3 Å². The van der Waals surface area contributed by atoms with Gasteiger partial charge in [-0.2, -0.15) is 5.10 Å². The van der Waals surface area contributed by atoms with Crippen molar-refractivity contribution < 1.29 is 4.79 Å². The predicted octanol–water partition coefficient (Wildman–Crippen LogP) is 3.65. The highest BCUT2D eigenvalue weighted by Crippen LogP contribution is 2.27. The molecule has 0 unspecified atom stereocenters. The third kappa shape index (κ3) is 3.70. The van der Waals surface area contributed by atoms with Gasteiger partial charge in [0, 0.05) is 38.2 Å². The summed E-state index contributed by atoms with van der Waals surface area (Å²) in [5, 5.41) is 5.54. The third-order valence-corrected chi connectivity index (χ3v) is 5.94. The molecule has 0 saturated carbocycles. The van der Waals surface area contributed by atoms with Crippen molar-refractivity contribution in [2.24, 2.45) is 0 Å². The Hall–Kier alpha value is -3.74. The van der Waals surface area contributed by atoms with Crippen molar-refractivity contribution >= 4 is 22.8 Å². The van der Waals surface area contributed by atoms with Crippen molar-refractivity contribution in [3.8, 4) is 5.69 Å². The second-order valence-corrected chi connectivity index (χ2v) is 8.09. The summed E-state index contributed by atoms with van der Waals surface area (Å²) in [6.45, 7) is 6.86. The van der Waals surface area contributed by atoms with Crippen molar-refractivity contribution in [2.45, 2.75) is 20.3 Å². The molecule has 0 radical (unpaired) electrons. The molecule has 0 aliphatic carbocycles. The largest absolute Gasteiger partial charge is 0.352 e. The molecular formula is C25H26N6O. The van der Waals surface area contributed by atoms with E-state index in [1.54, 1.807) is 0 Å². The fourth-order valence-corrected chi connectivity index (χ4v) is 4.09. The van der Waals surface area contributed by atoms with E-state index >= 15 is 0 Å². The van der Waals surface area contributed by atoms with Crippen LogP contribution in [-0.4, -0.2) is 56.7 Å². The Kier molecular flexibility index (Phi) is 5.31. The maximum atomic E-state index is 12.9. The van der Waals surface area contributed by atoms with Crippen LogP contribution in [0.5, 0.6) is 0 Å². The van der Waals surface area contributed by atoms with Crippen LogP contribution in [0.1, 0.15) is 28.7 Å². The van der Waals surface area contributed by atoms with E-state index in [0.29, 0.717) is 13.1 Å². The average molecular weight is 427 g/mol.